The molecule has 6 heteroatoms. The van der Waals surface area contributed by atoms with Crippen LogP contribution in [0.1, 0.15) is 12.5 Å². The molecular formula is C20H20N2O4. The first-order valence-electron chi connectivity index (χ1n) is 8.25. The number of likely N-dealkylation sites (N-methyl/N-ethyl adjacent to an activating group) is 1. The van der Waals surface area contributed by atoms with E-state index in [4.69, 9.17) is 9.47 Å². The summed E-state index contributed by atoms with van der Waals surface area (Å²) in [5.41, 5.74) is 1.99. The van der Waals surface area contributed by atoms with Crippen molar-refractivity contribution in [1.29, 1.82) is 0 Å². The van der Waals surface area contributed by atoms with Gasteiger partial charge in [-0.05, 0) is 48.9 Å². The average molecular weight is 352 g/mol. The summed E-state index contributed by atoms with van der Waals surface area (Å²) in [5, 5.41) is 3.09. The number of carbonyl (C=O) groups excluding carboxylic acids is 2. The Hall–Kier alpha value is -3.28. The van der Waals surface area contributed by atoms with Crippen molar-refractivity contribution in [3.05, 3.63) is 59.8 Å². The summed E-state index contributed by atoms with van der Waals surface area (Å²) in [7, 11) is 3.17. The van der Waals surface area contributed by atoms with Crippen LogP contribution in [-0.4, -0.2) is 37.5 Å². The van der Waals surface area contributed by atoms with Gasteiger partial charge in [0, 0.05) is 12.2 Å². The average Bonchev–Trinajstić information content (AvgIpc) is 2.91. The predicted molar refractivity (Wildman–Crippen MR) is 98.9 cm³/mol. The number of ether oxygens (including phenoxy) is 2. The minimum atomic E-state index is -0.334. The zero-order valence-corrected chi connectivity index (χ0v) is 14.9. The molecule has 2 aromatic carbocycles. The number of nitrogens with one attached hydrogen (secondary N) is 1. The quantitative estimate of drug-likeness (QED) is 0.810. The summed E-state index contributed by atoms with van der Waals surface area (Å²) in [6, 6.07) is 14.2. The second-order valence-electron chi connectivity index (χ2n) is 5.69. The van der Waals surface area contributed by atoms with Crippen molar-refractivity contribution in [3.63, 3.8) is 0 Å². The van der Waals surface area contributed by atoms with Crippen molar-refractivity contribution in [2.75, 3.05) is 26.1 Å². The molecule has 0 aromatic heterocycles. The molecule has 1 N–H and O–H groups in total. The molecule has 0 saturated heterocycles. The van der Waals surface area contributed by atoms with E-state index < -0.39 is 0 Å². The van der Waals surface area contributed by atoms with Gasteiger partial charge in [-0.25, -0.2) is 0 Å². The van der Waals surface area contributed by atoms with E-state index in [2.05, 4.69) is 5.32 Å². The third-order valence-electron chi connectivity index (χ3n) is 4.22. The number of rotatable bonds is 6. The van der Waals surface area contributed by atoms with Crippen LogP contribution < -0.4 is 14.8 Å². The number of anilines is 1. The molecule has 2 aromatic rings. The van der Waals surface area contributed by atoms with E-state index in [1.807, 2.05) is 0 Å². The summed E-state index contributed by atoms with van der Waals surface area (Å²) < 4.78 is 10.3. The van der Waals surface area contributed by atoms with Gasteiger partial charge in [-0.2, -0.15) is 0 Å². The third kappa shape index (κ3) is 3.13. The number of methoxy groups -OCH3 is 2. The second-order valence-corrected chi connectivity index (χ2v) is 5.69. The molecule has 134 valence electrons. The van der Waals surface area contributed by atoms with Gasteiger partial charge >= 0.3 is 0 Å². The van der Waals surface area contributed by atoms with Gasteiger partial charge in [-0.15, -0.1) is 0 Å². The first-order valence-corrected chi connectivity index (χ1v) is 8.25. The summed E-state index contributed by atoms with van der Waals surface area (Å²) >= 11 is 0. The number of amides is 2. The topological polar surface area (TPSA) is 67.9 Å². The molecule has 26 heavy (non-hydrogen) atoms. The molecule has 0 fully saturated rings. The molecule has 3 rings (SSSR count). The Kier molecular flexibility index (Phi) is 4.93. The Labute approximate surface area is 152 Å². The lowest BCUT2D eigenvalue weighted by Gasteiger charge is -2.12. The van der Waals surface area contributed by atoms with E-state index >= 15 is 0 Å². The lowest BCUT2D eigenvalue weighted by molar-refractivity contribution is -0.136. The smallest absolute Gasteiger partial charge is 0.278 e. The molecule has 0 aliphatic carbocycles. The van der Waals surface area contributed by atoms with Crippen molar-refractivity contribution in [1.82, 2.24) is 4.90 Å². The fourth-order valence-corrected chi connectivity index (χ4v) is 2.82. The predicted octanol–water partition coefficient (Wildman–Crippen LogP) is 2.92. The normalized spacial score (nSPS) is 14.0. The molecule has 0 atom stereocenters. The van der Waals surface area contributed by atoms with Crippen molar-refractivity contribution < 1.29 is 19.1 Å². The minimum absolute atomic E-state index is 0.271. The number of benzene rings is 2. The van der Waals surface area contributed by atoms with E-state index in [1.165, 1.54) is 4.90 Å². The van der Waals surface area contributed by atoms with Gasteiger partial charge in [0.15, 0.2) is 0 Å². The van der Waals surface area contributed by atoms with E-state index in [9.17, 15) is 9.59 Å². The van der Waals surface area contributed by atoms with Gasteiger partial charge in [-0.3, -0.25) is 14.5 Å². The van der Waals surface area contributed by atoms with Gasteiger partial charge in [-0.1, -0.05) is 12.1 Å². The minimum Gasteiger partial charge on any atom is -0.497 e. The highest BCUT2D eigenvalue weighted by Crippen LogP contribution is 2.31. The van der Waals surface area contributed by atoms with Gasteiger partial charge in [0.2, 0.25) is 0 Å². The van der Waals surface area contributed by atoms with Crippen molar-refractivity contribution >= 4 is 23.1 Å². The van der Waals surface area contributed by atoms with Crippen LogP contribution in [0.15, 0.2) is 54.2 Å². The van der Waals surface area contributed by atoms with Crippen LogP contribution in [0.25, 0.3) is 5.57 Å². The Balaban J connectivity index is 2.02. The zero-order chi connectivity index (χ0) is 18.7. The largest absolute Gasteiger partial charge is 0.497 e. The Morgan fingerprint density at radius 2 is 1.38 bits per heavy atom. The van der Waals surface area contributed by atoms with Crippen LogP contribution in [0.2, 0.25) is 0 Å². The molecule has 0 saturated carbocycles. The van der Waals surface area contributed by atoms with E-state index in [1.54, 1.807) is 69.7 Å². The van der Waals surface area contributed by atoms with Crippen molar-refractivity contribution in [3.8, 4) is 11.5 Å². The molecule has 1 heterocycles. The molecule has 0 spiro atoms. The Morgan fingerprint density at radius 3 is 1.88 bits per heavy atom. The van der Waals surface area contributed by atoms with E-state index in [0.29, 0.717) is 34.9 Å². The van der Waals surface area contributed by atoms with Crippen LogP contribution in [0.4, 0.5) is 5.69 Å². The number of nitrogens with zero attached hydrogens (tertiary/aromatic N) is 1. The molecule has 0 unspecified atom stereocenters. The summed E-state index contributed by atoms with van der Waals surface area (Å²) in [6.45, 7) is 2.09. The molecule has 1 aliphatic heterocycles. The maximum atomic E-state index is 12.8. The van der Waals surface area contributed by atoms with Crippen molar-refractivity contribution in [2.24, 2.45) is 0 Å². The number of carbonyl (C=O) groups is 2. The molecule has 6 nitrogen and oxygen atoms in total. The van der Waals surface area contributed by atoms with Gasteiger partial charge in [0.25, 0.3) is 11.8 Å². The Bertz CT molecular complexity index is 854. The van der Waals surface area contributed by atoms with Gasteiger partial charge in [0.05, 0.1) is 19.8 Å². The summed E-state index contributed by atoms with van der Waals surface area (Å²) in [4.78, 5) is 26.7. The standard InChI is InChI=1S/C20H20N2O4/c1-4-22-19(23)17(13-5-9-15(25-2)10-6-13)18(20(22)24)21-14-7-11-16(26-3)12-8-14/h5-12,21H,4H2,1-3H3. The van der Waals surface area contributed by atoms with Gasteiger partial charge < -0.3 is 14.8 Å². The number of hydrogen-bond acceptors (Lipinski definition) is 5. The Morgan fingerprint density at radius 1 is 0.846 bits per heavy atom. The van der Waals surface area contributed by atoms with Crippen LogP contribution in [0, 0.1) is 0 Å². The number of imide groups is 1. The lowest BCUT2D eigenvalue weighted by atomic mass is 10.0. The highest BCUT2D eigenvalue weighted by atomic mass is 16.5. The molecule has 1 aliphatic rings. The van der Waals surface area contributed by atoms with E-state index in [0.717, 1.165) is 0 Å². The first kappa shape index (κ1) is 17.5. The van der Waals surface area contributed by atoms with Crippen LogP contribution in [0.3, 0.4) is 0 Å². The fourth-order valence-electron chi connectivity index (χ4n) is 2.82. The highest BCUT2D eigenvalue weighted by molar-refractivity contribution is 6.36. The lowest BCUT2D eigenvalue weighted by Crippen LogP contribution is -2.32. The molecular weight excluding hydrogens is 332 g/mol. The SMILES string of the molecule is CCN1C(=O)C(Nc2ccc(OC)cc2)=C(c2ccc(OC)cc2)C1=O. The monoisotopic (exact) mass is 352 g/mol. The third-order valence-corrected chi connectivity index (χ3v) is 4.22. The molecule has 0 bridgehead atoms. The number of hydrogen-bond donors (Lipinski definition) is 1. The maximum Gasteiger partial charge on any atom is 0.278 e. The van der Waals surface area contributed by atoms with Gasteiger partial charge in [0.1, 0.15) is 17.2 Å². The van der Waals surface area contributed by atoms with Crippen LogP contribution in [0.5, 0.6) is 11.5 Å². The van der Waals surface area contributed by atoms with E-state index in [-0.39, 0.29) is 17.5 Å². The summed E-state index contributed by atoms with van der Waals surface area (Å²) in [5.74, 6) is 0.755. The van der Waals surface area contributed by atoms with Crippen LogP contribution in [-0.2, 0) is 9.59 Å². The fraction of sp³-hybridized carbons (Fsp3) is 0.200. The molecule has 2 amide bonds. The second kappa shape index (κ2) is 7.31. The first-order chi connectivity index (χ1) is 12.6. The highest BCUT2D eigenvalue weighted by Gasteiger charge is 2.38. The zero-order valence-electron chi connectivity index (χ0n) is 14.9. The van der Waals surface area contributed by atoms with Crippen LogP contribution >= 0.6 is 0 Å². The summed E-state index contributed by atoms with van der Waals surface area (Å²) in [6.07, 6.45) is 0. The maximum absolute atomic E-state index is 12.8. The molecule has 0 radical (unpaired) electrons. The van der Waals surface area contributed by atoms with Crippen molar-refractivity contribution in [2.45, 2.75) is 6.92 Å².